The molecular formula is CHNSZr. The van der Waals surface area contributed by atoms with E-state index in [1.165, 1.54) is 5.40 Å². The predicted molar refractivity (Wildman–Crippen MR) is 14.6 cm³/mol. The molecule has 20 valence electrons. The van der Waals surface area contributed by atoms with Gasteiger partial charge in [0.1, 0.15) is 5.40 Å². The molecule has 0 radical (unpaired) electrons. The molecule has 0 atom stereocenters. The van der Waals surface area contributed by atoms with E-state index in [0.717, 1.165) is 0 Å². The van der Waals surface area contributed by atoms with Crippen LogP contribution in [0.4, 0.5) is 0 Å². The summed E-state index contributed by atoms with van der Waals surface area (Å²) >= 11 is 3.09. The Morgan fingerprint density at radius 2 is 1.75 bits per heavy atom. The van der Waals surface area contributed by atoms with Crippen molar-refractivity contribution in [2.45, 2.75) is 0 Å². The third kappa shape index (κ3) is 15.5. The van der Waals surface area contributed by atoms with Gasteiger partial charge in [0.25, 0.3) is 0 Å². The zero-order valence-corrected chi connectivity index (χ0v) is 5.25. The summed E-state index contributed by atoms with van der Waals surface area (Å²) in [5.41, 5.74) is 0. The molecule has 0 fully saturated rings. The first-order valence-electron chi connectivity index (χ1n) is 0.447. The molecule has 0 aromatic carbocycles. The second-order valence-electron chi connectivity index (χ2n) is 0.100. The second-order valence-corrected chi connectivity index (χ2v) is 0.300. The van der Waals surface area contributed by atoms with Crippen molar-refractivity contribution < 1.29 is 26.2 Å². The third-order valence-corrected chi connectivity index (χ3v) is 0. The molecule has 0 unspecified atom stereocenters. The van der Waals surface area contributed by atoms with Gasteiger partial charge in [-0.15, -0.1) is 0 Å². The van der Waals surface area contributed by atoms with Crippen LogP contribution in [0.15, 0.2) is 0 Å². The molecule has 0 bridgehead atoms. The van der Waals surface area contributed by atoms with E-state index in [-0.39, 0.29) is 26.2 Å². The van der Waals surface area contributed by atoms with Crippen molar-refractivity contribution in [3.05, 3.63) is 0 Å². The number of hydrogen-bond donors (Lipinski definition) is 1. The van der Waals surface area contributed by atoms with Crippen molar-refractivity contribution >= 4 is 12.6 Å². The van der Waals surface area contributed by atoms with Crippen LogP contribution >= 0.6 is 12.6 Å². The summed E-state index contributed by atoms with van der Waals surface area (Å²) in [6.07, 6.45) is 0. The van der Waals surface area contributed by atoms with Gasteiger partial charge in [-0.3, -0.25) is 0 Å². The molecule has 0 heterocycles. The summed E-state index contributed by atoms with van der Waals surface area (Å²) < 4.78 is 0. The Bertz CT molecular complexity index is 29.5. The Labute approximate surface area is 49.5 Å². The first-order chi connectivity index (χ1) is 1.41. The van der Waals surface area contributed by atoms with Crippen molar-refractivity contribution in [2.24, 2.45) is 0 Å². The quantitative estimate of drug-likeness (QED) is 0.392. The Morgan fingerprint density at radius 3 is 1.75 bits per heavy atom. The third-order valence-electron chi connectivity index (χ3n) is 0. The van der Waals surface area contributed by atoms with E-state index in [1.807, 2.05) is 0 Å². The Morgan fingerprint density at radius 1 is 1.75 bits per heavy atom. The summed E-state index contributed by atoms with van der Waals surface area (Å²) in [4.78, 5) is 0. The van der Waals surface area contributed by atoms with Crippen molar-refractivity contribution in [3.63, 3.8) is 0 Å². The normalized spacial score (nSPS) is 2.00. The number of hydrogen-bond acceptors (Lipinski definition) is 2. The molecule has 0 aromatic rings. The van der Waals surface area contributed by atoms with Crippen molar-refractivity contribution in [1.82, 2.24) is 0 Å². The summed E-state index contributed by atoms with van der Waals surface area (Å²) in [6, 6.07) is 0. The fourth-order valence-corrected chi connectivity index (χ4v) is 0. The zero-order valence-electron chi connectivity index (χ0n) is 1.89. The van der Waals surface area contributed by atoms with E-state index in [2.05, 4.69) is 12.6 Å². The van der Waals surface area contributed by atoms with Gasteiger partial charge in [-0.05, 0) is 0 Å². The maximum Gasteiger partial charge on any atom is 0.130 e. The maximum absolute atomic E-state index is 7.18. The second kappa shape index (κ2) is 9.30. The minimum Gasteiger partial charge on any atom is -0.185 e. The van der Waals surface area contributed by atoms with Crippen LogP contribution in [-0.4, -0.2) is 0 Å². The average molecular weight is 150 g/mol. The van der Waals surface area contributed by atoms with Crippen LogP contribution < -0.4 is 0 Å². The summed E-state index contributed by atoms with van der Waals surface area (Å²) in [5.74, 6) is 0. The van der Waals surface area contributed by atoms with Crippen LogP contribution in [0.3, 0.4) is 0 Å². The SMILES string of the molecule is N#CS.[Zr]. The van der Waals surface area contributed by atoms with E-state index < -0.39 is 0 Å². The Balaban J connectivity index is 0. The summed E-state index contributed by atoms with van der Waals surface area (Å²) in [5, 5.41) is 8.63. The molecular weight excluding hydrogens is 149 g/mol. The smallest absolute Gasteiger partial charge is 0.130 e. The van der Waals surface area contributed by atoms with Crippen LogP contribution in [0.25, 0.3) is 0 Å². The number of thiol groups is 1. The molecule has 0 N–H and O–H groups in total. The Kier molecular flexibility index (Phi) is 20.5. The minimum atomic E-state index is 0. The van der Waals surface area contributed by atoms with Gasteiger partial charge in [0.05, 0.1) is 0 Å². The number of nitriles is 1. The van der Waals surface area contributed by atoms with Gasteiger partial charge in [0.15, 0.2) is 0 Å². The van der Waals surface area contributed by atoms with Gasteiger partial charge in [-0.1, -0.05) is 12.6 Å². The van der Waals surface area contributed by atoms with Crippen molar-refractivity contribution in [1.29, 1.82) is 5.26 Å². The monoisotopic (exact) mass is 149 g/mol. The topological polar surface area (TPSA) is 23.8 Å². The van der Waals surface area contributed by atoms with Crippen molar-refractivity contribution in [3.8, 4) is 5.40 Å². The molecule has 0 saturated heterocycles. The van der Waals surface area contributed by atoms with Crippen LogP contribution in [-0.2, 0) is 26.2 Å². The molecule has 0 rings (SSSR count). The molecule has 0 amide bonds. The standard InChI is InChI=1S/CHNS.Zr/c2-1-3;/h3H;. The van der Waals surface area contributed by atoms with Gasteiger partial charge in [-0.25, -0.2) is 0 Å². The predicted octanol–water partition coefficient (Wildman–Crippen LogP) is 0.395. The zero-order chi connectivity index (χ0) is 2.71. The first-order valence-corrected chi connectivity index (χ1v) is 0.894. The van der Waals surface area contributed by atoms with Crippen molar-refractivity contribution in [2.75, 3.05) is 0 Å². The number of thiocyanates is 1. The van der Waals surface area contributed by atoms with E-state index in [4.69, 9.17) is 5.26 Å². The first kappa shape index (κ1) is 8.83. The Hall–Kier alpha value is 0.723. The fourth-order valence-electron chi connectivity index (χ4n) is 0. The molecule has 0 aliphatic rings. The van der Waals surface area contributed by atoms with Crippen LogP contribution in [0.5, 0.6) is 0 Å². The van der Waals surface area contributed by atoms with Crippen LogP contribution in [0.2, 0.25) is 0 Å². The largest absolute Gasteiger partial charge is 0.185 e. The van der Waals surface area contributed by atoms with Gasteiger partial charge < -0.3 is 0 Å². The van der Waals surface area contributed by atoms with Crippen LogP contribution in [0, 0.1) is 10.7 Å². The molecule has 0 saturated carbocycles. The molecule has 0 aliphatic heterocycles. The minimum absolute atomic E-state index is 0. The number of rotatable bonds is 0. The van der Waals surface area contributed by atoms with Crippen LogP contribution in [0.1, 0.15) is 0 Å². The summed E-state index contributed by atoms with van der Waals surface area (Å²) in [7, 11) is 0. The molecule has 0 aliphatic carbocycles. The van der Waals surface area contributed by atoms with Gasteiger partial charge in [0.2, 0.25) is 0 Å². The van der Waals surface area contributed by atoms with Gasteiger partial charge >= 0.3 is 0 Å². The molecule has 4 heavy (non-hydrogen) atoms. The van der Waals surface area contributed by atoms with Gasteiger partial charge in [0, 0.05) is 26.2 Å². The molecule has 0 aromatic heterocycles. The maximum atomic E-state index is 7.18. The van der Waals surface area contributed by atoms with E-state index >= 15 is 0 Å². The van der Waals surface area contributed by atoms with E-state index in [1.54, 1.807) is 0 Å². The van der Waals surface area contributed by atoms with E-state index in [0.29, 0.717) is 0 Å². The van der Waals surface area contributed by atoms with Gasteiger partial charge in [-0.2, -0.15) is 5.26 Å². The molecule has 1 nitrogen and oxygen atoms in total. The average Bonchev–Trinajstić information content (AvgIpc) is 0.918. The summed E-state index contributed by atoms with van der Waals surface area (Å²) in [6.45, 7) is 0. The van der Waals surface area contributed by atoms with E-state index in [9.17, 15) is 0 Å². The molecule has 0 spiro atoms. The fraction of sp³-hybridized carbons (Fsp3) is 0. The number of nitrogens with zero attached hydrogens (tertiary/aromatic N) is 1. The molecule has 3 heteroatoms.